The quantitative estimate of drug-likeness (QED) is 0.917. The number of hydrogen-bond acceptors (Lipinski definition) is 2. The van der Waals surface area contributed by atoms with E-state index in [1.807, 2.05) is 49.6 Å². The third-order valence-corrected chi connectivity index (χ3v) is 3.51. The van der Waals surface area contributed by atoms with Crippen molar-refractivity contribution >= 4 is 16.9 Å². The topological polar surface area (TPSA) is 46.9 Å². The van der Waals surface area contributed by atoms with Crippen LogP contribution in [0.15, 0.2) is 24.3 Å². The molecular formula is C15H21N3O. The molecule has 0 bridgehead atoms. The molecule has 2 aromatic rings. The number of carbonyl (C=O) groups is 1. The summed E-state index contributed by atoms with van der Waals surface area (Å²) in [7, 11) is 0. The van der Waals surface area contributed by atoms with E-state index in [0.29, 0.717) is 6.54 Å². The molecule has 0 fully saturated rings. The summed E-state index contributed by atoms with van der Waals surface area (Å²) in [6, 6.07) is 7.88. The number of amides is 1. The zero-order valence-corrected chi connectivity index (χ0v) is 12.0. The minimum absolute atomic E-state index is 0.0260. The second kappa shape index (κ2) is 5.03. The van der Waals surface area contributed by atoms with Gasteiger partial charge in [0.25, 0.3) is 0 Å². The van der Waals surface area contributed by atoms with Gasteiger partial charge in [0.05, 0.1) is 11.0 Å². The lowest BCUT2D eigenvalue weighted by atomic mass is 10.0. The molecular weight excluding hydrogens is 238 g/mol. The molecule has 4 nitrogen and oxygen atoms in total. The molecule has 0 spiro atoms. The van der Waals surface area contributed by atoms with Crippen LogP contribution in [0.5, 0.6) is 0 Å². The van der Waals surface area contributed by atoms with Crippen molar-refractivity contribution in [2.45, 2.75) is 46.2 Å². The molecule has 0 aliphatic carbocycles. The van der Waals surface area contributed by atoms with Crippen LogP contribution in [0.4, 0.5) is 0 Å². The molecule has 4 heteroatoms. The highest BCUT2D eigenvalue weighted by Gasteiger charge is 2.19. The van der Waals surface area contributed by atoms with Gasteiger partial charge in [-0.05, 0) is 39.3 Å². The zero-order chi connectivity index (χ0) is 14.0. The zero-order valence-electron chi connectivity index (χ0n) is 12.0. The molecule has 2 rings (SSSR count). The molecule has 1 N–H and O–H groups in total. The van der Waals surface area contributed by atoms with Crippen molar-refractivity contribution in [1.29, 1.82) is 0 Å². The van der Waals surface area contributed by atoms with E-state index in [1.165, 1.54) is 0 Å². The molecule has 0 saturated heterocycles. The molecule has 1 heterocycles. The van der Waals surface area contributed by atoms with Gasteiger partial charge in [-0.3, -0.25) is 4.79 Å². The molecule has 0 aliphatic rings. The Kier molecular flexibility index (Phi) is 3.60. The molecule has 0 unspecified atom stereocenters. The average molecular weight is 259 g/mol. The van der Waals surface area contributed by atoms with Gasteiger partial charge >= 0.3 is 0 Å². The van der Waals surface area contributed by atoms with Gasteiger partial charge in [-0.25, -0.2) is 4.98 Å². The summed E-state index contributed by atoms with van der Waals surface area (Å²) in [4.78, 5) is 16.6. The number of aryl methyl sites for hydroxylation is 1. The first kappa shape index (κ1) is 13.6. The third-order valence-electron chi connectivity index (χ3n) is 3.51. The van der Waals surface area contributed by atoms with Crippen LogP contribution in [0.2, 0.25) is 0 Å². The van der Waals surface area contributed by atoms with Crippen molar-refractivity contribution < 1.29 is 4.79 Å². The fourth-order valence-corrected chi connectivity index (χ4v) is 2.04. The number of nitrogens with zero attached hydrogens (tertiary/aromatic N) is 2. The van der Waals surface area contributed by atoms with E-state index in [2.05, 4.69) is 17.2 Å². The SMILES string of the molecule is CCC(C)(C)NC(=O)Cn1c(C)nc2ccccc21. The lowest BCUT2D eigenvalue weighted by molar-refractivity contribution is -0.123. The van der Waals surface area contributed by atoms with E-state index < -0.39 is 0 Å². The summed E-state index contributed by atoms with van der Waals surface area (Å²) in [5.41, 5.74) is 1.77. The van der Waals surface area contributed by atoms with Crippen LogP contribution in [0.1, 0.15) is 33.0 Å². The van der Waals surface area contributed by atoms with E-state index in [9.17, 15) is 4.79 Å². The predicted molar refractivity (Wildman–Crippen MR) is 77.0 cm³/mol. The molecule has 1 aromatic carbocycles. The van der Waals surface area contributed by atoms with E-state index >= 15 is 0 Å². The number of fused-ring (bicyclic) bond motifs is 1. The number of carbonyl (C=O) groups excluding carboxylic acids is 1. The van der Waals surface area contributed by atoms with Crippen molar-refractivity contribution in [2.24, 2.45) is 0 Å². The Bertz CT molecular complexity index is 598. The molecule has 19 heavy (non-hydrogen) atoms. The van der Waals surface area contributed by atoms with Gasteiger partial charge in [0.1, 0.15) is 12.4 Å². The molecule has 0 atom stereocenters. The number of aromatic nitrogens is 2. The van der Waals surface area contributed by atoms with E-state index in [-0.39, 0.29) is 11.4 Å². The fourth-order valence-electron chi connectivity index (χ4n) is 2.04. The molecule has 0 aliphatic heterocycles. The van der Waals surface area contributed by atoms with E-state index in [4.69, 9.17) is 0 Å². The van der Waals surface area contributed by atoms with Gasteiger partial charge in [-0.2, -0.15) is 0 Å². The number of imidazole rings is 1. The smallest absolute Gasteiger partial charge is 0.240 e. The van der Waals surface area contributed by atoms with Gasteiger partial charge in [-0.15, -0.1) is 0 Å². The molecule has 1 aromatic heterocycles. The number of benzene rings is 1. The highest BCUT2D eigenvalue weighted by molar-refractivity contribution is 5.81. The van der Waals surface area contributed by atoms with Crippen molar-refractivity contribution in [1.82, 2.24) is 14.9 Å². The first-order chi connectivity index (χ1) is 8.93. The first-order valence-corrected chi connectivity index (χ1v) is 6.66. The van der Waals surface area contributed by atoms with Crippen LogP contribution in [-0.4, -0.2) is 21.0 Å². The minimum Gasteiger partial charge on any atom is -0.350 e. The highest BCUT2D eigenvalue weighted by atomic mass is 16.2. The monoisotopic (exact) mass is 259 g/mol. The Balaban J connectivity index is 2.22. The summed E-state index contributed by atoms with van der Waals surface area (Å²) >= 11 is 0. The molecule has 1 amide bonds. The fraction of sp³-hybridized carbons (Fsp3) is 0.467. The normalized spacial score (nSPS) is 11.8. The van der Waals surface area contributed by atoms with Gasteiger partial charge in [-0.1, -0.05) is 19.1 Å². The van der Waals surface area contributed by atoms with Crippen molar-refractivity contribution in [2.75, 3.05) is 0 Å². The Morgan fingerprint density at radius 1 is 1.37 bits per heavy atom. The van der Waals surface area contributed by atoms with Crippen molar-refractivity contribution in [3.8, 4) is 0 Å². The van der Waals surface area contributed by atoms with E-state index in [1.54, 1.807) is 0 Å². The van der Waals surface area contributed by atoms with Gasteiger partial charge in [0.2, 0.25) is 5.91 Å². The number of nitrogens with one attached hydrogen (secondary N) is 1. The second-order valence-electron chi connectivity index (χ2n) is 5.52. The second-order valence-corrected chi connectivity index (χ2v) is 5.52. The Hall–Kier alpha value is -1.84. The standard InChI is InChI=1S/C15H21N3O/c1-5-15(3,4)17-14(19)10-18-11(2)16-12-8-6-7-9-13(12)18/h6-9H,5,10H2,1-4H3,(H,17,19). The number of hydrogen-bond donors (Lipinski definition) is 1. The van der Waals surface area contributed by atoms with Gasteiger partial charge < -0.3 is 9.88 Å². The predicted octanol–water partition coefficient (Wildman–Crippen LogP) is 2.65. The maximum Gasteiger partial charge on any atom is 0.240 e. The van der Waals surface area contributed by atoms with E-state index in [0.717, 1.165) is 23.3 Å². The van der Waals surface area contributed by atoms with Crippen LogP contribution in [0, 0.1) is 6.92 Å². The lowest BCUT2D eigenvalue weighted by Gasteiger charge is -2.24. The largest absolute Gasteiger partial charge is 0.350 e. The molecule has 102 valence electrons. The van der Waals surface area contributed by atoms with Crippen LogP contribution in [0.3, 0.4) is 0 Å². The third kappa shape index (κ3) is 2.95. The van der Waals surface area contributed by atoms with Crippen LogP contribution >= 0.6 is 0 Å². The highest BCUT2D eigenvalue weighted by Crippen LogP contribution is 2.15. The van der Waals surface area contributed by atoms with Crippen LogP contribution in [-0.2, 0) is 11.3 Å². The molecule has 0 radical (unpaired) electrons. The molecule has 0 saturated carbocycles. The average Bonchev–Trinajstić information content (AvgIpc) is 2.66. The summed E-state index contributed by atoms with van der Waals surface area (Å²) in [6.07, 6.45) is 0.905. The Labute approximate surface area is 113 Å². The van der Waals surface area contributed by atoms with Crippen molar-refractivity contribution in [3.63, 3.8) is 0 Å². The summed E-state index contributed by atoms with van der Waals surface area (Å²) in [5.74, 6) is 0.892. The summed E-state index contributed by atoms with van der Waals surface area (Å²) in [5, 5.41) is 3.05. The van der Waals surface area contributed by atoms with Crippen LogP contribution in [0.25, 0.3) is 11.0 Å². The Morgan fingerprint density at radius 2 is 2.05 bits per heavy atom. The lowest BCUT2D eigenvalue weighted by Crippen LogP contribution is -2.44. The maximum atomic E-state index is 12.1. The minimum atomic E-state index is -0.165. The Morgan fingerprint density at radius 3 is 2.74 bits per heavy atom. The van der Waals surface area contributed by atoms with Crippen molar-refractivity contribution in [3.05, 3.63) is 30.1 Å². The number of para-hydroxylation sites is 2. The first-order valence-electron chi connectivity index (χ1n) is 6.66. The number of rotatable bonds is 4. The summed E-state index contributed by atoms with van der Waals surface area (Å²) in [6.45, 7) is 8.37. The van der Waals surface area contributed by atoms with Crippen LogP contribution < -0.4 is 5.32 Å². The summed E-state index contributed by atoms with van der Waals surface area (Å²) < 4.78 is 1.95. The maximum absolute atomic E-state index is 12.1. The van der Waals surface area contributed by atoms with Gasteiger partial charge in [0, 0.05) is 5.54 Å². The van der Waals surface area contributed by atoms with Gasteiger partial charge in [0.15, 0.2) is 0 Å².